The maximum absolute atomic E-state index is 4.60. The number of hydrogen-bond acceptors (Lipinski definition) is 5. The van der Waals surface area contributed by atoms with Crippen LogP contribution in [0.15, 0.2) is 60.9 Å². The van der Waals surface area contributed by atoms with Crippen LogP contribution in [-0.2, 0) is 6.54 Å². The van der Waals surface area contributed by atoms with Crippen LogP contribution < -0.4 is 5.32 Å². The molecule has 0 spiro atoms. The van der Waals surface area contributed by atoms with E-state index in [2.05, 4.69) is 56.4 Å². The van der Waals surface area contributed by atoms with Gasteiger partial charge >= 0.3 is 0 Å². The molecule has 1 fully saturated rings. The molecule has 5 nitrogen and oxygen atoms in total. The van der Waals surface area contributed by atoms with E-state index in [1.165, 1.54) is 17.5 Å². The van der Waals surface area contributed by atoms with Gasteiger partial charge in [-0.15, -0.1) is 0 Å². The highest BCUT2D eigenvalue weighted by Crippen LogP contribution is 2.21. The van der Waals surface area contributed by atoms with Gasteiger partial charge in [0.2, 0.25) is 5.95 Å². The van der Waals surface area contributed by atoms with E-state index >= 15 is 0 Å². The average Bonchev–Trinajstić information content (AvgIpc) is 3.17. The molecule has 0 radical (unpaired) electrons. The van der Waals surface area contributed by atoms with Crippen molar-refractivity contribution in [3.05, 3.63) is 72.1 Å². The van der Waals surface area contributed by atoms with Crippen molar-refractivity contribution in [2.45, 2.75) is 19.9 Å². The second kappa shape index (κ2) is 8.27. The van der Waals surface area contributed by atoms with Gasteiger partial charge in [0.15, 0.2) is 0 Å². The fraction of sp³-hybridized carbons (Fsp3) is 0.318. The van der Waals surface area contributed by atoms with Crippen LogP contribution in [0, 0.1) is 12.8 Å². The molecule has 1 unspecified atom stereocenters. The Morgan fingerprint density at radius 2 is 1.89 bits per heavy atom. The van der Waals surface area contributed by atoms with E-state index in [9.17, 15) is 0 Å². The maximum Gasteiger partial charge on any atom is 0.223 e. The molecule has 0 saturated carbocycles. The van der Waals surface area contributed by atoms with Gasteiger partial charge in [-0.3, -0.25) is 9.88 Å². The van der Waals surface area contributed by atoms with Crippen LogP contribution in [0.4, 0.5) is 5.95 Å². The number of rotatable bonds is 6. The Bertz CT molecular complexity index is 881. The molecule has 1 saturated heterocycles. The normalized spacial score (nSPS) is 17.1. The lowest BCUT2D eigenvalue weighted by molar-refractivity contribution is 0.318. The van der Waals surface area contributed by atoms with E-state index in [0.717, 1.165) is 37.6 Å². The fourth-order valence-corrected chi connectivity index (χ4v) is 3.59. The van der Waals surface area contributed by atoms with Crippen LogP contribution in [-0.4, -0.2) is 39.5 Å². The monoisotopic (exact) mass is 359 g/mol. The molecule has 0 bridgehead atoms. The molecule has 1 aliphatic rings. The molecule has 138 valence electrons. The zero-order chi connectivity index (χ0) is 18.5. The summed E-state index contributed by atoms with van der Waals surface area (Å²) in [5, 5.41) is 3.42. The minimum absolute atomic E-state index is 0.621. The molecule has 3 heterocycles. The minimum atomic E-state index is 0.621. The van der Waals surface area contributed by atoms with Gasteiger partial charge in [-0.25, -0.2) is 9.97 Å². The summed E-state index contributed by atoms with van der Waals surface area (Å²) in [4.78, 5) is 15.9. The predicted molar refractivity (Wildman–Crippen MR) is 108 cm³/mol. The molecule has 5 heteroatoms. The molecule has 1 aromatic carbocycles. The summed E-state index contributed by atoms with van der Waals surface area (Å²) >= 11 is 0. The molecule has 2 aromatic heterocycles. The third kappa shape index (κ3) is 4.49. The fourth-order valence-electron chi connectivity index (χ4n) is 3.59. The SMILES string of the molecule is Cc1ccccc1CN1CCC(CNc2nccc(-c3ccccn3)n2)C1. The van der Waals surface area contributed by atoms with Crippen molar-refractivity contribution in [1.82, 2.24) is 19.9 Å². The lowest BCUT2D eigenvalue weighted by Gasteiger charge is -2.17. The van der Waals surface area contributed by atoms with E-state index in [1.54, 1.807) is 12.4 Å². The summed E-state index contributed by atoms with van der Waals surface area (Å²) < 4.78 is 0. The standard InChI is InChI=1S/C22H25N5/c1-17-6-2-3-7-19(17)16-27-13-10-18(15-27)14-25-22-24-12-9-21(26-22)20-8-4-5-11-23-20/h2-9,11-12,18H,10,13-16H2,1H3,(H,24,25,26). The number of benzene rings is 1. The van der Waals surface area contributed by atoms with Crippen molar-refractivity contribution in [1.29, 1.82) is 0 Å². The average molecular weight is 359 g/mol. The van der Waals surface area contributed by atoms with E-state index in [1.807, 2.05) is 24.3 Å². The summed E-state index contributed by atoms with van der Waals surface area (Å²) in [5.41, 5.74) is 4.52. The topological polar surface area (TPSA) is 53.9 Å². The summed E-state index contributed by atoms with van der Waals surface area (Å²) in [6, 6.07) is 16.4. The Hall–Kier alpha value is -2.79. The van der Waals surface area contributed by atoms with Gasteiger partial charge in [-0.05, 0) is 55.1 Å². The first kappa shape index (κ1) is 17.6. The van der Waals surface area contributed by atoms with Crippen molar-refractivity contribution >= 4 is 5.95 Å². The second-order valence-corrected chi connectivity index (χ2v) is 7.18. The van der Waals surface area contributed by atoms with Gasteiger partial charge in [0.05, 0.1) is 11.4 Å². The molecular weight excluding hydrogens is 334 g/mol. The number of nitrogens with one attached hydrogen (secondary N) is 1. The van der Waals surface area contributed by atoms with E-state index in [4.69, 9.17) is 0 Å². The van der Waals surface area contributed by atoms with Crippen molar-refractivity contribution < 1.29 is 0 Å². The first-order valence-corrected chi connectivity index (χ1v) is 9.53. The first-order chi connectivity index (χ1) is 13.3. The number of aromatic nitrogens is 3. The van der Waals surface area contributed by atoms with Crippen molar-refractivity contribution in [3.8, 4) is 11.4 Å². The number of nitrogens with zero attached hydrogens (tertiary/aromatic N) is 4. The van der Waals surface area contributed by atoms with Crippen molar-refractivity contribution in [3.63, 3.8) is 0 Å². The Labute approximate surface area is 160 Å². The highest BCUT2D eigenvalue weighted by Gasteiger charge is 2.22. The molecule has 0 aliphatic carbocycles. The third-order valence-corrected chi connectivity index (χ3v) is 5.16. The van der Waals surface area contributed by atoms with E-state index < -0.39 is 0 Å². The summed E-state index contributed by atoms with van der Waals surface area (Å²) in [6.07, 6.45) is 4.78. The Balaban J connectivity index is 1.32. The second-order valence-electron chi connectivity index (χ2n) is 7.18. The molecule has 0 amide bonds. The lowest BCUT2D eigenvalue weighted by Crippen LogP contribution is -2.23. The van der Waals surface area contributed by atoms with Gasteiger partial charge in [0.25, 0.3) is 0 Å². The van der Waals surface area contributed by atoms with Gasteiger partial charge < -0.3 is 5.32 Å². The van der Waals surface area contributed by atoms with Crippen LogP contribution >= 0.6 is 0 Å². The Morgan fingerprint density at radius 1 is 1.00 bits per heavy atom. The van der Waals surface area contributed by atoms with Gasteiger partial charge in [0.1, 0.15) is 0 Å². The Kier molecular flexibility index (Phi) is 5.39. The number of hydrogen-bond donors (Lipinski definition) is 1. The number of pyridine rings is 1. The quantitative estimate of drug-likeness (QED) is 0.726. The summed E-state index contributed by atoms with van der Waals surface area (Å²) in [6.45, 7) is 6.39. The first-order valence-electron chi connectivity index (χ1n) is 9.53. The summed E-state index contributed by atoms with van der Waals surface area (Å²) in [7, 11) is 0. The van der Waals surface area contributed by atoms with Crippen LogP contribution in [0.5, 0.6) is 0 Å². The van der Waals surface area contributed by atoms with Crippen molar-refractivity contribution in [2.75, 3.05) is 25.0 Å². The molecular formula is C22H25N5. The number of anilines is 1. The highest BCUT2D eigenvalue weighted by atomic mass is 15.2. The minimum Gasteiger partial charge on any atom is -0.354 e. The summed E-state index contributed by atoms with van der Waals surface area (Å²) in [5.74, 6) is 1.30. The van der Waals surface area contributed by atoms with Crippen LogP contribution in [0.2, 0.25) is 0 Å². The van der Waals surface area contributed by atoms with Crippen LogP contribution in [0.3, 0.4) is 0 Å². The van der Waals surface area contributed by atoms with E-state index in [0.29, 0.717) is 11.9 Å². The van der Waals surface area contributed by atoms with Crippen LogP contribution in [0.1, 0.15) is 17.5 Å². The van der Waals surface area contributed by atoms with Gasteiger partial charge in [0, 0.05) is 32.0 Å². The third-order valence-electron chi connectivity index (χ3n) is 5.16. The molecule has 1 N–H and O–H groups in total. The van der Waals surface area contributed by atoms with Gasteiger partial charge in [-0.2, -0.15) is 0 Å². The predicted octanol–water partition coefficient (Wildman–Crippen LogP) is 3.78. The zero-order valence-electron chi connectivity index (χ0n) is 15.7. The highest BCUT2D eigenvalue weighted by molar-refractivity contribution is 5.54. The number of aryl methyl sites for hydroxylation is 1. The smallest absolute Gasteiger partial charge is 0.223 e. The number of likely N-dealkylation sites (tertiary alicyclic amines) is 1. The van der Waals surface area contributed by atoms with E-state index in [-0.39, 0.29) is 0 Å². The maximum atomic E-state index is 4.60. The van der Waals surface area contributed by atoms with Gasteiger partial charge in [-0.1, -0.05) is 30.3 Å². The molecule has 4 rings (SSSR count). The zero-order valence-corrected chi connectivity index (χ0v) is 15.7. The molecule has 1 atom stereocenters. The van der Waals surface area contributed by atoms with Crippen LogP contribution in [0.25, 0.3) is 11.4 Å². The lowest BCUT2D eigenvalue weighted by atomic mass is 10.1. The molecule has 27 heavy (non-hydrogen) atoms. The molecule has 3 aromatic rings. The largest absolute Gasteiger partial charge is 0.354 e. The Morgan fingerprint density at radius 3 is 2.74 bits per heavy atom. The molecule has 1 aliphatic heterocycles. The van der Waals surface area contributed by atoms with Crippen molar-refractivity contribution in [2.24, 2.45) is 5.92 Å².